The highest BCUT2D eigenvalue weighted by Gasteiger charge is 2.15. The van der Waals surface area contributed by atoms with E-state index in [0.717, 1.165) is 29.1 Å². The molecule has 0 aromatic carbocycles. The van der Waals surface area contributed by atoms with Gasteiger partial charge in [0.1, 0.15) is 5.82 Å². The third kappa shape index (κ3) is 2.92. The van der Waals surface area contributed by atoms with Crippen molar-refractivity contribution >= 4 is 16.9 Å². The number of rotatable bonds is 5. The number of pyridine rings is 2. The predicted molar refractivity (Wildman–Crippen MR) is 92.7 cm³/mol. The summed E-state index contributed by atoms with van der Waals surface area (Å²) >= 11 is 0. The third-order valence-electron chi connectivity index (χ3n) is 3.64. The van der Waals surface area contributed by atoms with Crippen LogP contribution in [0.5, 0.6) is 0 Å². The molecule has 0 saturated carbocycles. The Morgan fingerprint density at radius 2 is 2.14 bits per heavy atom. The van der Waals surface area contributed by atoms with E-state index in [4.69, 9.17) is 5.73 Å². The fourth-order valence-electron chi connectivity index (χ4n) is 2.12. The van der Waals surface area contributed by atoms with E-state index in [9.17, 15) is 0 Å². The summed E-state index contributed by atoms with van der Waals surface area (Å²) in [4.78, 5) is 8.88. The van der Waals surface area contributed by atoms with E-state index >= 15 is 0 Å². The SMILES string of the molecule is CC(C)(CN)CNc1cccc(-c2[nH]nc3ncccc23)n1.[HH].[HH]. The quantitative estimate of drug-likeness (QED) is 0.673. The molecule has 6 nitrogen and oxygen atoms in total. The molecule has 3 heterocycles. The standard InChI is InChI=1S/C16H20N6.2H2/c1-16(2,9-17)10-19-13-7-3-6-12(20-13)14-11-5-4-8-18-15(11)22-21-14;;/h3-8H,9-10,17H2,1-2H3,(H,19,20)(H,18,21,22);2*1H. The van der Waals surface area contributed by atoms with Crippen molar-refractivity contribution in [1.82, 2.24) is 20.2 Å². The number of aromatic nitrogens is 4. The monoisotopic (exact) mass is 300 g/mol. The molecule has 3 aromatic rings. The molecular formula is C16H24N6. The molecule has 0 aliphatic heterocycles. The van der Waals surface area contributed by atoms with Crippen molar-refractivity contribution in [3.63, 3.8) is 0 Å². The first kappa shape index (κ1) is 14.5. The minimum Gasteiger partial charge on any atom is -0.369 e. The Bertz CT molecular complexity index is 787. The van der Waals surface area contributed by atoms with Crippen LogP contribution in [0.4, 0.5) is 5.82 Å². The van der Waals surface area contributed by atoms with Crippen molar-refractivity contribution in [1.29, 1.82) is 0 Å². The van der Waals surface area contributed by atoms with Crippen LogP contribution in [0.1, 0.15) is 16.7 Å². The molecule has 22 heavy (non-hydrogen) atoms. The van der Waals surface area contributed by atoms with E-state index in [2.05, 4.69) is 39.3 Å². The molecule has 6 heteroatoms. The van der Waals surface area contributed by atoms with E-state index in [1.807, 2.05) is 30.3 Å². The number of aromatic amines is 1. The molecule has 0 amide bonds. The van der Waals surface area contributed by atoms with E-state index in [1.54, 1.807) is 6.20 Å². The number of fused-ring (bicyclic) bond motifs is 1. The number of anilines is 1. The van der Waals surface area contributed by atoms with Gasteiger partial charge in [-0.2, -0.15) is 5.10 Å². The highest BCUT2D eigenvalue weighted by molar-refractivity contribution is 5.89. The Morgan fingerprint density at radius 3 is 2.95 bits per heavy atom. The molecule has 0 saturated heterocycles. The van der Waals surface area contributed by atoms with Gasteiger partial charge in [-0.1, -0.05) is 19.9 Å². The predicted octanol–water partition coefficient (Wildman–Crippen LogP) is 2.91. The molecule has 118 valence electrons. The molecule has 0 bridgehead atoms. The summed E-state index contributed by atoms with van der Waals surface area (Å²) in [5.41, 5.74) is 8.20. The Morgan fingerprint density at radius 1 is 1.27 bits per heavy atom. The Hall–Kier alpha value is -2.47. The maximum Gasteiger partial charge on any atom is 0.181 e. The first-order valence-corrected chi connectivity index (χ1v) is 7.29. The van der Waals surface area contributed by atoms with Crippen molar-refractivity contribution < 1.29 is 2.85 Å². The lowest BCUT2D eigenvalue weighted by atomic mass is 9.94. The summed E-state index contributed by atoms with van der Waals surface area (Å²) < 4.78 is 0. The fourth-order valence-corrected chi connectivity index (χ4v) is 2.12. The molecule has 0 radical (unpaired) electrons. The van der Waals surface area contributed by atoms with Gasteiger partial charge < -0.3 is 11.1 Å². The van der Waals surface area contributed by atoms with Crippen LogP contribution in [0.2, 0.25) is 0 Å². The second-order valence-corrected chi connectivity index (χ2v) is 6.10. The van der Waals surface area contributed by atoms with Gasteiger partial charge in [-0.25, -0.2) is 9.97 Å². The van der Waals surface area contributed by atoms with Crippen LogP contribution in [0.15, 0.2) is 36.5 Å². The van der Waals surface area contributed by atoms with Crippen LogP contribution in [-0.2, 0) is 0 Å². The molecule has 4 N–H and O–H groups in total. The lowest BCUT2D eigenvalue weighted by Crippen LogP contribution is -2.31. The highest BCUT2D eigenvalue weighted by Crippen LogP contribution is 2.24. The lowest BCUT2D eigenvalue weighted by Gasteiger charge is -2.23. The second-order valence-electron chi connectivity index (χ2n) is 6.10. The molecule has 0 aliphatic carbocycles. The van der Waals surface area contributed by atoms with Gasteiger partial charge in [0.25, 0.3) is 0 Å². The molecule has 3 rings (SSSR count). The second kappa shape index (κ2) is 5.73. The maximum atomic E-state index is 5.76. The van der Waals surface area contributed by atoms with Crippen molar-refractivity contribution in [2.45, 2.75) is 13.8 Å². The summed E-state index contributed by atoms with van der Waals surface area (Å²) in [6.45, 7) is 5.64. The van der Waals surface area contributed by atoms with Gasteiger partial charge in [0, 0.05) is 21.0 Å². The third-order valence-corrected chi connectivity index (χ3v) is 3.64. The summed E-state index contributed by atoms with van der Waals surface area (Å²) in [5.74, 6) is 0.825. The minimum atomic E-state index is 0. The summed E-state index contributed by atoms with van der Waals surface area (Å²) in [7, 11) is 0. The molecule has 0 spiro atoms. The van der Waals surface area contributed by atoms with Crippen LogP contribution in [0.25, 0.3) is 22.4 Å². The summed E-state index contributed by atoms with van der Waals surface area (Å²) in [6, 6.07) is 9.77. The van der Waals surface area contributed by atoms with Crippen molar-refractivity contribution in [3.8, 4) is 11.4 Å². The van der Waals surface area contributed by atoms with Gasteiger partial charge >= 0.3 is 0 Å². The highest BCUT2D eigenvalue weighted by atomic mass is 15.2. The number of nitrogens with one attached hydrogen (secondary N) is 2. The largest absolute Gasteiger partial charge is 0.369 e. The van der Waals surface area contributed by atoms with E-state index in [0.29, 0.717) is 12.2 Å². The van der Waals surface area contributed by atoms with Gasteiger partial charge in [-0.15, -0.1) is 0 Å². The normalized spacial score (nSPS) is 11.8. The number of nitrogens with two attached hydrogens (primary N) is 1. The summed E-state index contributed by atoms with van der Waals surface area (Å²) in [5, 5.41) is 11.5. The average Bonchev–Trinajstić information content (AvgIpc) is 2.97. The molecule has 0 atom stereocenters. The maximum absolute atomic E-state index is 5.76. The molecule has 0 unspecified atom stereocenters. The molecule has 0 aliphatic rings. The first-order valence-electron chi connectivity index (χ1n) is 7.29. The fraction of sp³-hybridized carbons (Fsp3) is 0.312. The van der Waals surface area contributed by atoms with Gasteiger partial charge in [-0.05, 0) is 36.2 Å². The van der Waals surface area contributed by atoms with E-state index in [-0.39, 0.29) is 8.27 Å². The zero-order valence-corrected chi connectivity index (χ0v) is 12.8. The first-order chi connectivity index (χ1) is 10.6. The minimum absolute atomic E-state index is 0. The van der Waals surface area contributed by atoms with Gasteiger partial charge in [-0.3, -0.25) is 5.10 Å². The van der Waals surface area contributed by atoms with Gasteiger partial charge in [0.15, 0.2) is 5.65 Å². The number of nitrogens with zero attached hydrogens (tertiary/aromatic N) is 3. The van der Waals surface area contributed by atoms with Gasteiger partial charge in [0.05, 0.1) is 11.4 Å². The lowest BCUT2D eigenvalue weighted by molar-refractivity contribution is 0.405. The van der Waals surface area contributed by atoms with Crippen LogP contribution < -0.4 is 11.1 Å². The topological polar surface area (TPSA) is 92.5 Å². The summed E-state index contributed by atoms with van der Waals surface area (Å²) in [6.07, 6.45) is 1.73. The number of hydrogen-bond donors (Lipinski definition) is 3. The van der Waals surface area contributed by atoms with Crippen LogP contribution >= 0.6 is 0 Å². The van der Waals surface area contributed by atoms with Crippen LogP contribution in [0, 0.1) is 5.41 Å². The smallest absolute Gasteiger partial charge is 0.181 e. The number of H-pyrrole nitrogens is 1. The Kier molecular flexibility index (Phi) is 3.77. The Balaban J connectivity index is 0.00000144. The van der Waals surface area contributed by atoms with E-state index < -0.39 is 0 Å². The zero-order chi connectivity index (χ0) is 15.6. The van der Waals surface area contributed by atoms with Crippen molar-refractivity contribution in [2.75, 3.05) is 18.4 Å². The van der Waals surface area contributed by atoms with E-state index in [1.165, 1.54) is 0 Å². The average molecular weight is 300 g/mol. The zero-order valence-electron chi connectivity index (χ0n) is 12.8. The Labute approximate surface area is 132 Å². The number of hydrogen-bond acceptors (Lipinski definition) is 5. The van der Waals surface area contributed by atoms with Crippen LogP contribution in [0.3, 0.4) is 0 Å². The van der Waals surface area contributed by atoms with Crippen molar-refractivity contribution in [2.24, 2.45) is 11.1 Å². The van der Waals surface area contributed by atoms with Crippen molar-refractivity contribution in [3.05, 3.63) is 36.5 Å². The molecule has 0 fully saturated rings. The van der Waals surface area contributed by atoms with Gasteiger partial charge in [0.2, 0.25) is 0 Å². The molecular weight excluding hydrogens is 276 g/mol. The molecule has 3 aromatic heterocycles. The van der Waals surface area contributed by atoms with Crippen LogP contribution in [-0.4, -0.2) is 33.3 Å².